The van der Waals surface area contributed by atoms with Crippen molar-refractivity contribution >= 4 is 68.1 Å². The molecule has 6 heteroatoms. The van der Waals surface area contributed by atoms with Crippen molar-refractivity contribution in [1.82, 2.24) is 5.43 Å². The van der Waals surface area contributed by atoms with Crippen LogP contribution in [0, 0.1) is 7.14 Å². The van der Waals surface area contributed by atoms with Crippen LogP contribution in [0.1, 0.15) is 21.5 Å². The van der Waals surface area contributed by atoms with Gasteiger partial charge in [0.05, 0.1) is 13.4 Å². The Bertz CT molecular complexity index is 1230. The first-order valence-electron chi connectivity index (χ1n) is 9.59. The maximum Gasteiger partial charge on any atom is 0.271 e. The van der Waals surface area contributed by atoms with E-state index in [0.717, 1.165) is 24.0 Å². The molecule has 0 atom stereocenters. The summed E-state index contributed by atoms with van der Waals surface area (Å²) in [7, 11) is 0. The fourth-order valence-electron chi connectivity index (χ4n) is 3.18. The fourth-order valence-corrected chi connectivity index (χ4v) is 5.31. The van der Waals surface area contributed by atoms with Gasteiger partial charge in [0.15, 0.2) is 0 Å². The minimum atomic E-state index is -0.240. The van der Waals surface area contributed by atoms with Gasteiger partial charge in [-0.05, 0) is 91.3 Å². The van der Waals surface area contributed by atoms with E-state index < -0.39 is 0 Å². The summed E-state index contributed by atoms with van der Waals surface area (Å²) in [5, 5.41) is 6.49. The van der Waals surface area contributed by atoms with E-state index in [0.29, 0.717) is 12.2 Å². The van der Waals surface area contributed by atoms with E-state index in [-0.39, 0.29) is 5.91 Å². The third-order valence-electron chi connectivity index (χ3n) is 4.69. The number of carbonyl (C=O) groups excluding carboxylic acids is 1. The van der Waals surface area contributed by atoms with Crippen LogP contribution in [0.2, 0.25) is 0 Å². The summed E-state index contributed by atoms with van der Waals surface area (Å²) in [6, 6.07) is 27.6. The second kappa shape index (κ2) is 10.2. The SMILES string of the molecule is O=C(N/N=C/c1cc(I)c(OCc2cccc3ccccc23)c(I)c1)c1ccccc1. The van der Waals surface area contributed by atoms with Gasteiger partial charge in [0.2, 0.25) is 0 Å². The van der Waals surface area contributed by atoms with Crippen LogP contribution in [0.25, 0.3) is 10.8 Å². The summed E-state index contributed by atoms with van der Waals surface area (Å²) in [6.07, 6.45) is 1.64. The predicted octanol–water partition coefficient (Wildman–Crippen LogP) is 6.39. The topological polar surface area (TPSA) is 50.7 Å². The lowest BCUT2D eigenvalue weighted by molar-refractivity contribution is 0.0955. The summed E-state index contributed by atoms with van der Waals surface area (Å²) in [5.41, 5.74) is 5.17. The largest absolute Gasteiger partial charge is 0.487 e. The first-order chi connectivity index (χ1) is 15.1. The summed E-state index contributed by atoms with van der Waals surface area (Å²) in [6.45, 7) is 0.494. The van der Waals surface area contributed by atoms with Crippen LogP contribution in [0.15, 0.2) is 90.0 Å². The summed E-state index contributed by atoms with van der Waals surface area (Å²) in [4.78, 5) is 12.1. The first-order valence-corrected chi connectivity index (χ1v) is 11.7. The average Bonchev–Trinajstić information content (AvgIpc) is 2.79. The van der Waals surface area contributed by atoms with E-state index in [1.807, 2.05) is 42.5 Å². The van der Waals surface area contributed by atoms with Crippen LogP contribution in [0.4, 0.5) is 0 Å². The number of halogens is 2. The van der Waals surface area contributed by atoms with Crippen LogP contribution >= 0.6 is 45.2 Å². The molecule has 0 unspecified atom stereocenters. The molecule has 4 aromatic carbocycles. The molecule has 0 aliphatic rings. The van der Waals surface area contributed by atoms with E-state index in [4.69, 9.17) is 4.74 Å². The van der Waals surface area contributed by atoms with E-state index in [1.54, 1.807) is 18.3 Å². The van der Waals surface area contributed by atoms with Gasteiger partial charge in [0.25, 0.3) is 5.91 Å². The molecule has 0 fully saturated rings. The third-order valence-corrected chi connectivity index (χ3v) is 6.29. The molecule has 4 rings (SSSR count). The van der Waals surface area contributed by atoms with E-state index in [1.165, 1.54) is 10.8 Å². The van der Waals surface area contributed by atoms with Crippen molar-refractivity contribution in [1.29, 1.82) is 0 Å². The molecule has 0 aliphatic carbocycles. The van der Waals surface area contributed by atoms with Crippen molar-refractivity contribution in [3.8, 4) is 5.75 Å². The number of nitrogens with zero attached hydrogens (tertiary/aromatic N) is 1. The van der Waals surface area contributed by atoms with Gasteiger partial charge in [-0.3, -0.25) is 4.79 Å². The fraction of sp³-hybridized carbons (Fsp3) is 0.0400. The number of hydrogen-bond acceptors (Lipinski definition) is 3. The lowest BCUT2D eigenvalue weighted by Crippen LogP contribution is -2.17. The molecule has 1 amide bonds. The van der Waals surface area contributed by atoms with Crippen LogP contribution in [-0.4, -0.2) is 12.1 Å². The molecule has 0 saturated heterocycles. The zero-order chi connectivity index (χ0) is 21.6. The van der Waals surface area contributed by atoms with Gasteiger partial charge in [-0.2, -0.15) is 5.10 Å². The van der Waals surface area contributed by atoms with Crippen molar-refractivity contribution < 1.29 is 9.53 Å². The second-order valence-electron chi connectivity index (χ2n) is 6.81. The van der Waals surface area contributed by atoms with Gasteiger partial charge < -0.3 is 4.74 Å². The molecule has 0 saturated carbocycles. The first kappa shape index (κ1) is 21.8. The number of hydrogen-bond donors (Lipinski definition) is 1. The second-order valence-corrected chi connectivity index (χ2v) is 9.13. The number of fused-ring (bicyclic) bond motifs is 1. The quantitative estimate of drug-likeness (QED) is 0.152. The normalized spacial score (nSPS) is 11.0. The van der Waals surface area contributed by atoms with Gasteiger partial charge in [-0.15, -0.1) is 0 Å². The van der Waals surface area contributed by atoms with Crippen molar-refractivity contribution in [3.63, 3.8) is 0 Å². The maximum absolute atomic E-state index is 12.1. The van der Waals surface area contributed by atoms with Gasteiger partial charge >= 0.3 is 0 Å². The standard InChI is InChI=1S/C25H18I2N2O2/c26-22-13-17(15-28-29-25(30)19-8-2-1-3-9-19)14-23(27)24(22)31-16-20-11-6-10-18-7-4-5-12-21(18)20/h1-15H,16H2,(H,29,30)/b28-15+. The summed E-state index contributed by atoms with van der Waals surface area (Å²) < 4.78 is 8.16. The van der Waals surface area contributed by atoms with Crippen molar-refractivity contribution in [2.75, 3.05) is 0 Å². The molecule has 0 aliphatic heterocycles. The molecule has 0 bridgehead atoms. The molecule has 1 N–H and O–H groups in total. The Balaban J connectivity index is 1.45. The van der Waals surface area contributed by atoms with Crippen LogP contribution in [0.3, 0.4) is 0 Å². The lowest BCUT2D eigenvalue weighted by atomic mass is 10.1. The summed E-state index contributed by atoms with van der Waals surface area (Å²) in [5.74, 6) is 0.607. The maximum atomic E-state index is 12.1. The number of amides is 1. The zero-order valence-corrected chi connectivity index (χ0v) is 20.7. The van der Waals surface area contributed by atoms with Gasteiger partial charge in [0.1, 0.15) is 12.4 Å². The highest BCUT2D eigenvalue weighted by molar-refractivity contribution is 14.1. The molecule has 31 heavy (non-hydrogen) atoms. The highest BCUT2D eigenvalue weighted by Crippen LogP contribution is 2.30. The molecule has 0 spiro atoms. The number of nitrogens with one attached hydrogen (secondary N) is 1. The van der Waals surface area contributed by atoms with Crippen molar-refractivity contribution in [2.24, 2.45) is 5.10 Å². The Kier molecular flexibility index (Phi) is 7.18. The number of rotatable bonds is 6. The van der Waals surface area contributed by atoms with Crippen molar-refractivity contribution in [3.05, 3.63) is 109 Å². The highest BCUT2D eigenvalue weighted by atomic mass is 127. The van der Waals surface area contributed by atoms with Gasteiger partial charge in [-0.25, -0.2) is 5.43 Å². The molecule has 4 aromatic rings. The Hall–Kier alpha value is -2.46. The Morgan fingerprint density at radius 3 is 2.35 bits per heavy atom. The summed E-state index contributed by atoms with van der Waals surface area (Å²) >= 11 is 4.54. The van der Waals surface area contributed by atoms with Crippen LogP contribution in [-0.2, 0) is 6.61 Å². The molecule has 4 nitrogen and oxygen atoms in total. The molecular weight excluding hydrogens is 614 g/mol. The number of benzene rings is 4. The van der Waals surface area contributed by atoms with Crippen LogP contribution < -0.4 is 10.2 Å². The Labute approximate surface area is 208 Å². The predicted molar refractivity (Wildman–Crippen MR) is 142 cm³/mol. The monoisotopic (exact) mass is 632 g/mol. The van der Waals surface area contributed by atoms with E-state index in [2.05, 4.69) is 86.0 Å². The molecule has 0 aromatic heterocycles. The number of ether oxygens (including phenoxy) is 1. The molecule has 0 radical (unpaired) electrons. The minimum Gasteiger partial charge on any atom is -0.487 e. The van der Waals surface area contributed by atoms with E-state index >= 15 is 0 Å². The third kappa shape index (κ3) is 5.43. The number of hydrazone groups is 1. The highest BCUT2D eigenvalue weighted by Gasteiger charge is 2.10. The van der Waals surface area contributed by atoms with Crippen LogP contribution in [0.5, 0.6) is 5.75 Å². The van der Waals surface area contributed by atoms with Gasteiger partial charge in [-0.1, -0.05) is 60.7 Å². The smallest absolute Gasteiger partial charge is 0.271 e. The Morgan fingerprint density at radius 1 is 0.903 bits per heavy atom. The zero-order valence-electron chi connectivity index (χ0n) is 16.4. The lowest BCUT2D eigenvalue weighted by Gasteiger charge is -2.13. The number of carbonyl (C=O) groups is 1. The van der Waals surface area contributed by atoms with E-state index in [9.17, 15) is 4.79 Å². The van der Waals surface area contributed by atoms with Gasteiger partial charge in [0, 0.05) is 5.56 Å². The Morgan fingerprint density at radius 2 is 1.58 bits per heavy atom. The molecule has 154 valence electrons. The average molecular weight is 632 g/mol. The molecule has 0 heterocycles. The molecular formula is C25H18I2N2O2. The minimum absolute atomic E-state index is 0.240. The van der Waals surface area contributed by atoms with Crippen molar-refractivity contribution in [2.45, 2.75) is 6.61 Å².